The smallest absolute Gasteiger partial charge is 0.387 e. The highest BCUT2D eigenvalue weighted by molar-refractivity contribution is 14.0. The Labute approximate surface area is 199 Å². The van der Waals surface area contributed by atoms with Crippen LogP contribution in [0.15, 0.2) is 59.6 Å². The molecule has 172 valence electrons. The van der Waals surface area contributed by atoms with Crippen LogP contribution in [0.5, 0.6) is 5.75 Å². The number of hydrogen-bond donors (Lipinski definition) is 3. The van der Waals surface area contributed by atoms with E-state index in [1.165, 1.54) is 17.7 Å². The SMILES string of the molecule is CCNC(=NCC(O)c1ccc(OC(F)F)cc1)NCCN(C)Cc1ccccc1.I. The highest BCUT2D eigenvalue weighted by atomic mass is 127. The Morgan fingerprint density at radius 1 is 1.10 bits per heavy atom. The number of benzene rings is 2. The minimum atomic E-state index is -2.87. The normalized spacial score (nSPS) is 12.4. The number of aliphatic hydroxyl groups excluding tert-OH is 1. The highest BCUT2D eigenvalue weighted by Crippen LogP contribution is 2.19. The van der Waals surface area contributed by atoms with Crippen molar-refractivity contribution in [1.82, 2.24) is 15.5 Å². The number of halogens is 3. The maximum atomic E-state index is 12.2. The van der Waals surface area contributed by atoms with Crippen molar-refractivity contribution in [2.45, 2.75) is 26.2 Å². The van der Waals surface area contributed by atoms with E-state index in [1.54, 1.807) is 12.1 Å². The third-order valence-corrected chi connectivity index (χ3v) is 4.34. The minimum absolute atomic E-state index is 0. The molecule has 0 fully saturated rings. The quantitative estimate of drug-likeness (QED) is 0.228. The standard InChI is InChI=1S/C22H30F2N4O2.HI/c1-3-25-22(26-13-14-28(2)16-17-7-5-4-6-8-17)27-15-20(29)18-9-11-19(12-10-18)30-21(23)24;/h4-12,20-21,29H,3,13-16H2,1-2H3,(H2,25,26,27);1H. The molecule has 3 N–H and O–H groups in total. The van der Waals surface area contributed by atoms with Crippen LogP contribution in [0.1, 0.15) is 24.2 Å². The van der Waals surface area contributed by atoms with Crippen molar-refractivity contribution in [3.63, 3.8) is 0 Å². The van der Waals surface area contributed by atoms with Crippen molar-refractivity contribution in [3.05, 3.63) is 65.7 Å². The van der Waals surface area contributed by atoms with E-state index in [4.69, 9.17) is 0 Å². The average Bonchev–Trinajstić information content (AvgIpc) is 2.72. The number of aliphatic imine (C=N–C) groups is 1. The summed E-state index contributed by atoms with van der Waals surface area (Å²) in [5, 5.41) is 16.7. The lowest BCUT2D eigenvalue weighted by atomic mass is 10.1. The molecule has 0 saturated heterocycles. The van der Waals surface area contributed by atoms with Gasteiger partial charge in [0.15, 0.2) is 5.96 Å². The predicted octanol–water partition coefficient (Wildman–Crippen LogP) is 3.63. The van der Waals surface area contributed by atoms with Crippen LogP contribution in [0.4, 0.5) is 8.78 Å². The summed E-state index contributed by atoms with van der Waals surface area (Å²) in [5.41, 5.74) is 1.84. The van der Waals surface area contributed by atoms with Gasteiger partial charge in [0.2, 0.25) is 0 Å². The average molecular weight is 548 g/mol. The van der Waals surface area contributed by atoms with E-state index in [2.05, 4.69) is 44.4 Å². The predicted molar refractivity (Wildman–Crippen MR) is 130 cm³/mol. The zero-order valence-electron chi connectivity index (χ0n) is 17.8. The van der Waals surface area contributed by atoms with Gasteiger partial charge in [0, 0.05) is 26.2 Å². The number of aliphatic hydroxyl groups is 1. The van der Waals surface area contributed by atoms with Crippen molar-refractivity contribution >= 4 is 29.9 Å². The fourth-order valence-corrected chi connectivity index (χ4v) is 2.84. The van der Waals surface area contributed by atoms with Crippen molar-refractivity contribution in [2.75, 3.05) is 33.2 Å². The number of ether oxygens (including phenoxy) is 1. The first-order valence-corrected chi connectivity index (χ1v) is 9.95. The van der Waals surface area contributed by atoms with Crippen LogP contribution < -0.4 is 15.4 Å². The lowest BCUT2D eigenvalue weighted by Gasteiger charge is -2.18. The molecule has 0 radical (unpaired) electrons. The third-order valence-electron chi connectivity index (χ3n) is 4.34. The molecule has 0 aromatic heterocycles. The Morgan fingerprint density at radius 2 is 1.77 bits per heavy atom. The van der Waals surface area contributed by atoms with Gasteiger partial charge < -0.3 is 25.4 Å². The summed E-state index contributed by atoms with van der Waals surface area (Å²) in [5.74, 6) is 0.668. The maximum Gasteiger partial charge on any atom is 0.387 e. The molecule has 2 aromatic rings. The van der Waals surface area contributed by atoms with Gasteiger partial charge in [0.25, 0.3) is 0 Å². The first-order valence-electron chi connectivity index (χ1n) is 9.95. The summed E-state index contributed by atoms with van der Waals surface area (Å²) in [6.07, 6.45) is -0.846. The number of guanidine groups is 1. The van der Waals surface area contributed by atoms with Gasteiger partial charge in [-0.15, -0.1) is 24.0 Å². The van der Waals surface area contributed by atoms with Gasteiger partial charge >= 0.3 is 6.61 Å². The second-order valence-electron chi connectivity index (χ2n) is 6.83. The van der Waals surface area contributed by atoms with Crippen LogP contribution in [0, 0.1) is 0 Å². The molecule has 1 atom stereocenters. The van der Waals surface area contributed by atoms with Crippen LogP contribution in [-0.2, 0) is 6.54 Å². The van der Waals surface area contributed by atoms with Gasteiger partial charge in [0.05, 0.1) is 12.6 Å². The van der Waals surface area contributed by atoms with Gasteiger partial charge in [-0.2, -0.15) is 8.78 Å². The molecular formula is C22H31F2IN4O2. The summed E-state index contributed by atoms with van der Waals surface area (Å²) >= 11 is 0. The largest absolute Gasteiger partial charge is 0.435 e. The molecule has 2 rings (SSSR count). The molecule has 0 saturated carbocycles. The first kappa shape index (κ1) is 27.1. The highest BCUT2D eigenvalue weighted by Gasteiger charge is 2.10. The molecule has 6 nitrogen and oxygen atoms in total. The van der Waals surface area contributed by atoms with Gasteiger partial charge in [-0.05, 0) is 37.2 Å². The molecule has 0 spiro atoms. The topological polar surface area (TPSA) is 69.1 Å². The van der Waals surface area contributed by atoms with Gasteiger partial charge in [0.1, 0.15) is 5.75 Å². The number of nitrogens with zero attached hydrogens (tertiary/aromatic N) is 2. The van der Waals surface area contributed by atoms with E-state index in [9.17, 15) is 13.9 Å². The van der Waals surface area contributed by atoms with Crippen molar-refractivity contribution in [1.29, 1.82) is 0 Å². The number of nitrogens with one attached hydrogen (secondary N) is 2. The Morgan fingerprint density at radius 3 is 2.39 bits per heavy atom. The minimum Gasteiger partial charge on any atom is -0.435 e. The Hall–Kier alpha value is -1.98. The van der Waals surface area contributed by atoms with Gasteiger partial charge in [-0.3, -0.25) is 4.99 Å². The summed E-state index contributed by atoms with van der Waals surface area (Å²) in [4.78, 5) is 6.63. The van der Waals surface area contributed by atoms with Crippen molar-refractivity contribution in [3.8, 4) is 5.75 Å². The van der Waals surface area contributed by atoms with E-state index in [0.29, 0.717) is 24.6 Å². The first-order chi connectivity index (χ1) is 14.5. The Bertz CT molecular complexity index is 764. The molecule has 0 amide bonds. The van der Waals surface area contributed by atoms with E-state index in [0.717, 1.165) is 13.1 Å². The second-order valence-corrected chi connectivity index (χ2v) is 6.83. The van der Waals surface area contributed by atoms with Crippen molar-refractivity contribution in [2.24, 2.45) is 4.99 Å². The van der Waals surface area contributed by atoms with Crippen molar-refractivity contribution < 1.29 is 18.6 Å². The van der Waals surface area contributed by atoms with Crippen LogP contribution in [0.2, 0.25) is 0 Å². The number of alkyl halides is 2. The lowest BCUT2D eigenvalue weighted by Crippen LogP contribution is -2.41. The lowest BCUT2D eigenvalue weighted by molar-refractivity contribution is -0.0498. The second kappa shape index (κ2) is 14.9. The Balaban J connectivity index is 0.00000480. The van der Waals surface area contributed by atoms with Crippen LogP contribution >= 0.6 is 24.0 Å². The molecule has 2 aromatic carbocycles. The third kappa shape index (κ3) is 10.7. The summed E-state index contributed by atoms with van der Waals surface area (Å²) in [6, 6.07) is 16.2. The molecule has 31 heavy (non-hydrogen) atoms. The van der Waals surface area contributed by atoms with E-state index in [-0.39, 0.29) is 36.3 Å². The van der Waals surface area contributed by atoms with Gasteiger partial charge in [-0.25, -0.2) is 0 Å². The van der Waals surface area contributed by atoms with E-state index in [1.807, 2.05) is 25.1 Å². The fraction of sp³-hybridized carbons (Fsp3) is 0.409. The zero-order valence-corrected chi connectivity index (χ0v) is 20.1. The van der Waals surface area contributed by atoms with Crippen LogP contribution in [-0.4, -0.2) is 55.8 Å². The molecule has 0 heterocycles. The summed E-state index contributed by atoms with van der Waals surface area (Å²) in [7, 11) is 2.06. The van der Waals surface area contributed by atoms with E-state index >= 15 is 0 Å². The molecule has 0 aliphatic rings. The van der Waals surface area contributed by atoms with Crippen LogP contribution in [0.3, 0.4) is 0 Å². The van der Waals surface area contributed by atoms with E-state index < -0.39 is 12.7 Å². The molecule has 0 aliphatic heterocycles. The molecule has 0 bridgehead atoms. The summed E-state index contributed by atoms with van der Waals surface area (Å²) in [6.45, 7) is 2.33. The molecule has 1 unspecified atom stereocenters. The number of rotatable bonds is 11. The van der Waals surface area contributed by atoms with Crippen LogP contribution in [0.25, 0.3) is 0 Å². The summed E-state index contributed by atoms with van der Waals surface area (Å²) < 4.78 is 28.7. The zero-order chi connectivity index (χ0) is 21.8. The van der Waals surface area contributed by atoms with Gasteiger partial charge in [-0.1, -0.05) is 42.5 Å². The number of hydrogen-bond acceptors (Lipinski definition) is 4. The fourth-order valence-electron chi connectivity index (χ4n) is 2.84. The molecule has 9 heteroatoms. The number of likely N-dealkylation sites (N-methyl/N-ethyl adjacent to an activating group) is 1. The Kier molecular flexibility index (Phi) is 13.0. The monoisotopic (exact) mass is 548 g/mol. The molecule has 0 aliphatic carbocycles. The molecular weight excluding hydrogens is 517 g/mol. The maximum absolute atomic E-state index is 12.2.